The van der Waals surface area contributed by atoms with Crippen molar-refractivity contribution in [2.45, 2.75) is 39.2 Å². The van der Waals surface area contributed by atoms with Gasteiger partial charge < -0.3 is 15.8 Å². The summed E-state index contributed by atoms with van der Waals surface area (Å²) in [5.41, 5.74) is 5.19. The number of rotatable bonds is 9. The maximum Gasteiger partial charge on any atom is 0.310 e. The molecular formula is C16H26ClN3O4. The number of ether oxygens (including phenoxy) is 1. The third kappa shape index (κ3) is 7.14. The summed E-state index contributed by atoms with van der Waals surface area (Å²) in [6, 6.07) is 6.09. The van der Waals surface area contributed by atoms with Crippen LogP contribution in [0.2, 0.25) is 0 Å². The summed E-state index contributed by atoms with van der Waals surface area (Å²) in [6.45, 7) is 6.46. The van der Waals surface area contributed by atoms with Crippen LogP contribution in [0.25, 0.3) is 0 Å². The quantitative estimate of drug-likeness (QED) is 0.520. The molecule has 1 aromatic carbocycles. The third-order valence-corrected chi connectivity index (χ3v) is 3.40. The average molecular weight is 360 g/mol. The van der Waals surface area contributed by atoms with Gasteiger partial charge in [0.15, 0.2) is 5.75 Å². The summed E-state index contributed by atoms with van der Waals surface area (Å²) < 4.78 is 5.36. The Labute approximate surface area is 148 Å². The molecule has 7 nitrogen and oxygen atoms in total. The zero-order valence-corrected chi connectivity index (χ0v) is 15.1. The van der Waals surface area contributed by atoms with Crippen molar-refractivity contribution < 1.29 is 14.5 Å². The molecule has 0 bridgehead atoms. The fourth-order valence-corrected chi connectivity index (χ4v) is 2.47. The lowest BCUT2D eigenvalue weighted by atomic mass is 9.90. The third-order valence-electron chi connectivity index (χ3n) is 3.40. The molecular weight excluding hydrogens is 334 g/mol. The van der Waals surface area contributed by atoms with Gasteiger partial charge in [0.25, 0.3) is 0 Å². The van der Waals surface area contributed by atoms with Crippen LogP contribution in [-0.4, -0.2) is 29.5 Å². The molecule has 1 rings (SSSR count). The van der Waals surface area contributed by atoms with Crippen LogP contribution in [0.15, 0.2) is 24.3 Å². The first-order valence-corrected chi connectivity index (χ1v) is 7.64. The van der Waals surface area contributed by atoms with Crippen LogP contribution in [0, 0.1) is 16.0 Å². The van der Waals surface area contributed by atoms with E-state index < -0.39 is 10.5 Å². The summed E-state index contributed by atoms with van der Waals surface area (Å²) >= 11 is 0. The first-order valence-electron chi connectivity index (χ1n) is 7.64. The molecule has 3 N–H and O–H groups in total. The number of carbonyl (C=O) groups is 1. The lowest BCUT2D eigenvalue weighted by molar-refractivity contribution is -0.385. The normalized spacial score (nSPS) is 12.9. The van der Waals surface area contributed by atoms with Crippen LogP contribution in [0.3, 0.4) is 0 Å². The van der Waals surface area contributed by atoms with Gasteiger partial charge in [-0.1, -0.05) is 26.0 Å². The predicted molar refractivity (Wildman–Crippen MR) is 95.5 cm³/mol. The van der Waals surface area contributed by atoms with Gasteiger partial charge in [0.05, 0.1) is 18.0 Å². The van der Waals surface area contributed by atoms with E-state index in [2.05, 4.69) is 19.2 Å². The van der Waals surface area contributed by atoms with Gasteiger partial charge in [-0.2, -0.15) is 0 Å². The van der Waals surface area contributed by atoms with Crippen LogP contribution in [-0.2, 0) is 4.79 Å². The van der Waals surface area contributed by atoms with Crippen molar-refractivity contribution in [2.24, 2.45) is 11.7 Å². The summed E-state index contributed by atoms with van der Waals surface area (Å²) in [5, 5.41) is 13.8. The highest BCUT2D eigenvalue weighted by Gasteiger charge is 2.25. The molecule has 0 aromatic heterocycles. The molecule has 0 saturated heterocycles. The van der Waals surface area contributed by atoms with Gasteiger partial charge in [0.1, 0.15) is 0 Å². The van der Waals surface area contributed by atoms with Crippen molar-refractivity contribution in [3.8, 4) is 5.75 Å². The molecule has 8 heteroatoms. The Morgan fingerprint density at radius 3 is 2.58 bits per heavy atom. The largest absolute Gasteiger partial charge is 0.486 e. The predicted octanol–water partition coefficient (Wildman–Crippen LogP) is 2.67. The highest BCUT2D eigenvalue weighted by atomic mass is 35.5. The smallest absolute Gasteiger partial charge is 0.310 e. The number of hydrogen-bond acceptors (Lipinski definition) is 5. The van der Waals surface area contributed by atoms with Gasteiger partial charge in [0, 0.05) is 18.2 Å². The molecule has 0 saturated carbocycles. The van der Waals surface area contributed by atoms with Gasteiger partial charge in [0.2, 0.25) is 5.91 Å². The van der Waals surface area contributed by atoms with Crippen LogP contribution >= 0.6 is 12.4 Å². The first-order chi connectivity index (χ1) is 10.8. The van der Waals surface area contributed by atoms with E-state index in [0.29, 0.717) is 12.5 Å². The van der Waals surface area contributed by atoms with Crippen molar-refractivity contribution in [3.05, 3.63) is 34.4 Å². The number of para-hydroxylation sites is 2. The summed E-state index contributed by atoms with van der Waals surface area (Å²) in [6.07, 6.45) is 0.889. The Morgan fingerprint density at radius 2 is 2.04 bits per heavy atom. The Bertz CT molecular complexity index is 554. The number of halogens is 1. The second-order valence-electron chi connectivity index (χ2n) is 6.23. The van der Waals surface area contributed by atoms with E-state index >= 15 is 0 Å². The number of nitrogens with one attached hydrogen (secondary N) is 1. The molecule has 1 amide bonds. The fourth-order valence-electron chi connectivity index (χ4n) is 2.47. The number of carbonyl (C=O) groups excluding carboxylic acids is 1. The van der Waals surface area contributed by atoms with Crippen LogP contribution in [0.1, 0.15) is 33.6 Å². The minimum Gasteiger partial charge on any atom is -0.486 e. The van der Waals surface area contributed by atoms with Gasteiger partial charge in [-0.25, -0.2) is 0 Å². The van der Waals surface area contributed by atoms with E-state index in [0.717, 1.165) is 6.42 Å². The van der Waals surface area contributed by atoms with Crippen molar-refractivity contribution in [2.75, 3.05) is 13.2 Å². The van der Waals surface area contributed by atoms with Crippen molar-refractivity contribution >= 4 is 24.0 Å². The van der Waals surface area contributed by atoms with Crippen molar-refractivity contribution in [3.63, 3.8) is 0 Å². The zero-order chi connectivity index (χ0) is 17.5. The topological polar surface area (TPSA) is 107 Å². The van der Waals surface area contributed by atoms with E-state index in [1.807, 2.05) is 6.92 Å². The highest BCUT2D eigenvalue weighted by molar-refractivity contribution is 5.85. The van der Waals surface area contributed by atoms with Crippen LogP contribution in [0.5, 0.6) is 5.75 Å². The molecule has 1 atom stereocenters. The lowest BCUT2D eigenvalue weighted by Crippen LogP contribution is -2.52. The molecule has 24 heavy (non-hydrogen) atoms. The van der Waals surface area contributed by atoms with Crippen molar-refractivity contribution in [1.82, 2.24) is 5.32 Å². The maximum atomic E-state index is 12.0. The van der Waals surface area contributed by atoms with E-state index in [4.69, 9.17) is 10.5 Å². The van der Waals surface area contributed by atoms with E-state index in [-0.39, 0.29) is 42.8 Å². The van der Waals surface area contributed by atoms with Crippen LogP contribution < -0.4 is 15.8 Å². The number of amides is 1. The van der Waals surface area contributed by atoms with E-state index in [1.54, 1.807) is 12.1 Å². The molecule has 0 radical (unpaired) electrons. The number of nitrogens with two attached hydrogens (primary N) is 1. The Hall–Kier alpha value is -1.86. The number of nitrogens with zero attached hydrogens (tertiary/aromatic N) is 1. The van der Waals surface area contributed by atoms with Crippen LogP contribution in [0.4, 0.5) is 5.69 Å². The Balaban J connectivity index is 0.00000529. The molecule has 0 heterocycles. The molecule has 0 spiro atoms. The molecule has 0 aliphatic heterocycles. The second kappa shape index (κ2) is 10.1. The molecule has 136 valence electrons. The fraction of sp³-hybridized carbons (Fsp3) is 0.562. The molecule has 0 fully saturated rings. The van der Waals surface area contributed by atoms with Gasteiger partial charge in [-0.3, -0.25) is 14.9 Å². The molecule has 0 aliphatic carbocycles. The first kappa shape index (κ1) is 22.1. The minimum absolute atomic E-state index is 0. The molecule has 1 unspecified atom stereocenters. The van der Waals surface area contributed by atoms with Gasteiger partial charge in [-0.15, -0.1) is 12.4 Å². The second-order valence-corrected chi connectivity index (χ2v) is 6.23. The number of nitro benzene ring substituents is 1. The average Bonchev–Trinajstić information content (AvgIpc) is 2.46. The molecule has 0 aliphatic rings. The summed E-state index contributed by atoms with van der Waals surface area (Å²) in [5.74, 6) is 0.387. The van der Waals surface area contributed by atoms with E-state index in [9.17, 15) is 14.9 Å². The van der Waals surface area contributed by atoms with Crippen molar-refractivity contribution in [1.29, 1.82) is 0 Å². The maximum absolute atomic E-state index is 12.0. The Kier molecular flexibility index (Phi) is 9.32. The van der Waals surface area contributed by atoms with E-state index in [1.165, 1.54) is 12.1 Å². The Morgan fingerprint density at radius 1 is 1.42 bits per heavy atom. The summed E-state index contributed by atoms with van der Waals surface area (Å²) in [4.78, 5) is 22.4. The SMILES string of the molecule is CC(C)CC(C)(CN)NC(=O)CCOc1ccccc1[N+](=O)[O-].Cl. The molecule has 1 aromatic rings. The monoisotopic (exact) mass is 359 g/mol. The minimum atomic E-state index is -0.510. The summed E-state index contributed by atoms with van der Waals surface area (Å²) in [7, 11) is 0. The standard InChI is InChI=1S/C16H25N3O4.ClH/c1-12(2)10-16(3,11-17)18-15(20)8-9-23-14-7-5-4-6-13(14)19(21)22;/h4-7,12H,8-11,17H2,1-3H3,(H,18,20);1H. The zero-order valence-electron chi connectivity index (χ0n) is 14.3. The van der Waals surface area contributed by atoms with Gasteiger partial charge >= 0.3 is 5.69 Å². The highest BCUT2D eigenvalue weighted by Crippen LogP contribution is 2.25. The number of hydrogen-bond donors (Lipinski definition) is 2. The number of nitro groups is 1. The lowest BCUT2D eigenvalue weighted by Gasteiger charge is -2.31. The van der Waals surface area contributed by atoms with Gasteiger partial charge in [-0.05, 0) is 25.3 Å². The number of benzene rings is 1.